The monoisotopic (exact) mass is 218 g/mol. The Kier molecular flexibility index (Phi) is 2.97. The minimum atomic E-state index is 0.108. The molecule has 1 heterocycles. The number of hydrogen-bond acceptors (Lipinski definition) is 2. The average molecular weight is 218 g/mol. The first-order valence-corrected chi connectivity index (χ1v) is 5.74. The van der Waals surface area contributed by atoms with Crippen molar-refractivity contribution >= 4 is 5.91 Å². The van der Waals surface area contributed by atoms with E-state index in [2.05, 4.69) is 25.1 Å². The second kappa shape index (κ2) is 4.26. The number of hydrogen-bond donors (Lipinski definition) is 1. The van der Waals surface area contributed by atoms with E-state index in [1.54, 1.807) is 6.92 Å². The van der Waals surface area contributed by atoms with Crippen LogP contribution in [0, 0.1) is 0 Å². The van der Waals surface area contributed by atoms with Gasteiger partial charge in [0.05, 0.1) is 0 Å². The molecule has 2 N–H and O–H groups in total. The lowest BCUT2D eigenvalue weighted by Gasteiger charge is -2.11. The van der Waals surface area contributed by atoms with Crippen LogP contribution in [0.4, 0.5) is 0 Å². The predicted octanol–water partition coefficient (Wildman–Crippen LogP) is 1.96. The summed E-state index contributed by atoms with van der Waals surface area (Å²) in [4.78, 5) is 13.1. The Hall–Kier alpha value is -1.35. The van der Waals surface area contributed by atoms with Crippen LogP contribution in [0.5, 0.6) is 0 Å². The zero-order valence-corrected chi connectivity index (χ0v) is 9.86. The molecular weight excluding hydrogens is 200 g/mol. The fourth-order valence-electron chi connectivity index (χ4n) is 2.10. The summed E-state index contributed by atoms with van der Waals surface area (Å²) >= 11 is 0. The Morgan fingerprint density at radius 1 is 1.44 bits per heavy atom. The van der Waals surface area contributed by atoms with Crippen LogP contribution in [0.1, 0.15) is 43.0 Å². The summed E-state index contributed by atoms with van der Waals surface area (Å²) in [5, 5.41) is 0. The lowest BCUT2D eigenvalue weighted by molar-refractivity contribution is -0.129. The molecular formula is C13H18N2O. The number of benzene rings is 1. The Morgan fingerprint density at radius 3 is 2.75 bits per heavy atom. The summed E-state index contributed by atoms with van der Waals surface area (Å²) in [6.07, 6.45) is 0.940. The number of carbonyl (C=O) groups excluding carboxylic acids is 1. The number of fused-ring (bicyclic) bond motifs is 1. The lowest BCUT2D eigenvalue weighted by atomic mass is 10.0. The molecule has 2 rings (SSSR count). The van der Waals surface area contributed by atoms with Crippen molar-refractivity contribution in [2.24, 2.45) is 5.73 Å². The lowest BCUT2D eigenvalue weighted by Crippen LogP contribution is -2.21. The maximum atomic E-state index is 11.3. The molecule has 0 aliphatic carbocycles. The molecule has 16 heavy (non-hydrogen) atoms. The molecule has 0 fully saturated rings. The third kappa shape index (κ3) is 1.95. The van der Waals surface area contributed by atoms with E-state index in [0.717, 1.165) is 19.5 Å². The van der Waals surface area contributed by atoms with Crippen LogP contribution >= 0.6 is 0 Å². The first kappa shape index (κ1) is 11.1. The van der Waals surface area contributed by atoms with Gasteiger partial charge in [-0.3, -0.25) is 4.79 Å². The highest BCUT2D eigenvalue weighted by Crippen LogP contribution is 2.26. The van der Waals surface area contributed by atoms with E-state index in [1.165, 1.54) is 16.7 Å². The van der Waals surface area contributed by atoms with Crippen LogP contribution in [0.25, 0.3) is 0 Å². The number of amides is 1. The molecule has 1 unspecified atom stereocenters. The van der Waals surface area contributed by atoms with Crippen molar-refractivity contribution in [3.05, 3.63) is 34.9 Å². The molecule has 0 aromatic heterocycles. The van der Waals surface area contributed by atoms with Gasteiger partial charge in [-0.15, -0.1) is 0 Å². The molecule has 1 atom stereocenters. The average Bonchev–Trinajstić information content (AvgIpc) is 2.70. The molecule has 1 aromatic carbocycles. The Labute approximate surface area is 96.2 Å². The zero-order chi connectivity index (χ0) is 11.7. The van der Waals surface area contributed by atoms with Crippen molar-refractivity contribution in [1.82, 2.24) is 4.90 Å². The Bertz CT molecular complexity index is 414. The zero-order valence-electron chi connectivity index (χ0n) is 9.86. The standard InChI is InChI=1S/C13H18N2O/c1-3-13(14)10-4-5-11-7-15(9(2)16)8-12(11)6-10/h4-6,13H,3,7-8,14H2,1-2H3. The molecule has 86 valence electrons. The van der Waals surface area contributed by atoms with Crippen LogP contribution in [0.15, 0.2) is 18.2 Å². The fourth-order valence-corrected chi connectivity index (χ4v) is 2.10. The topological polar surface area (TPSA) is 46.3 Å². The minimum absolute atomic E-state index is 0.108. The molecule has 3 heteroatoms. The molecule has 0 saturated carbocycles. The number of nitrogens with two attached hydrogens (primary N) is 1. The van der Waals surface area contributed by atoms with Gasteiger partial charge in [0.2, 0.25) is 5.91 Å². The summed E-state index contributed by atoms with van der Waals surface area (Å²) in [5.74, 6) is 0.137. The Balaban J connectivity index is 2.24. The van der Waals surface area contributed by atoms with Crippen molar-refractivity contribution in [3.8, 4) is 0 Å². The third-order valence-corrected chi connectivity index (χ3v) is 3.27. The van der Waals surface area contributed by atoms with E-state index < -0.39 is 0 Å². The molecule has 0 saturated heterocycles. The second-order valence-electron chi connectivity index (χ2n) is 4.42. The van der Waals surface area contributed by atoms with Crippen molar-refractivity contribution in [2.75, 3.05) is 0 Å². The van der Waals surface area contributed by atoms with Gasteiger partial charge in [-0.1, -0.05) is 25.1 Å². The number of rotatable bonds is 2. The van der Waals surface area contributed by atoms with Crippen LogP contribution < -0.4 is 5.73 Å². The SMILES string of the molecule is CCC(N)c1ccc2c(c1)CN(C(C)=O)C2. The molecule has 0 radical (unpaired) electrons. The van der Waals surface area contributed by atoms with E-state index in [1.807, 2.05) is 4.90 Å². The normalized spacial score (nSPS) is 16.1. The highest BCUT2D eigenvalue weighted by molar-refractivity contribution is 5.74. The van der Waals surface area contributed by atoms with Gasteiger partial charge in [0, 0.05) is 26.1 Å². The van der Waals surface area contributed by atoms with Gasteiger partial charge < -0.3 is 10.6 Å². The maximum Gasteiger partial charge on any atom is 0.220 e. The molecule has 3 nitrogen and oxygen atoms in total. The Morgan fingerprint density at radius 2 is 2.12 bits per heavy atom. The molecule has 1 amide bonds. The van der Waals surface area contributed by atoms with Crippen LogP contribution in [0.3, 0.4) is 0 Å². The summed E-state index contributed by atoms with van der Waals surface area (Å²) < 4.78 is 0. The van der Waals surface area contributed by atoms with Crippen molar-refractivity contribution < 1.29 is 4.79 Å². The van der Waals surface area contributed by atoms with Gasteiger partial charge in [0.1, 0.15) is 0 Å². The summed E-state index contributed by atoms with van der Waals surface area (Å²) in [6.45, 7) is 5.17. The van der Waals surface area contributed by atoms with Gasteiger partial charge >= 0.3 is 0 Å². The molecule has 1 aliphatic heterocycles. The molecule has 0 bridgehead atoms. The van der Waals surface area contributed by atoms with Crippen molar-refractivity contribution in [3.63, 3.8) is 0 Å². The smallest absolute Gasteiger partial charge is 0.220 e. The first-order valence-electron chi connectivity index (χ1n) is 5.74. The largest absolute Gasteiger partial charge is 0.334 e. The van der Waals surface area contributed by atoms with Gasteiger partial charge in [-0.2, -0.15) is 0 Å². The van der Waals surface area contributed by atoms with Crippen LogP contribution in [-0.4, -0.2) is 10.8 Å². The van der Waals surface area contributed by atoms with E-state index in [4.69, 9.17) is 5.73 Å². The fraction of sp³-hybridized carbons (Fsp3) is 0.462. The third-order valence-electron chi connectivity index (χ3n) is 3.27. The maximum absolute atomic E-state index is 11.3. The van der Waals surface area contributed by atoms with E-state index in [0.29, 0.717) is 0 Å². The number of nitrogens with zero attached hydrogens (tertiary/aromatic N) is 1. The summed E-state index contributed by atoms with van der Waals surface area (Å²) in [6, 6.07) is 6.43. The highest BCUT2D eigenvalue weighted by Gasteiger charge is 2.21. The van der Waals surface area contributed by atoms with Gasteiger partial charge in [-0.25, -0.2) is 0 Å². The molecule has 1 aromatic rings. The van der Waals surface area contributed by atoms with Crippen molar-refractivity contribution in [2.45, 2.75) is 39.4 Å². The summed E-state index contributed by atoms with van der Waals surface area (Å²) in [5.41, 5.74) is 9.67. The van der Waals surface area contributed by atoms with Gasteiger partial charge in [0.15, 0.2) is 0 Å². The second-order valence-corrected chi connectivity index (χ2v) is 4.42. The van der Waals surface area contributed by atoms with E-state index in [-0.39, 0.29) is 11.9 Å². The van der Waals surface area contributed by atoms with Crippen LogP contribution in [-0.2, 0) is 17.9 Å². The van der Waals surface area contributed by atoms with E-state index in [9.17, 15) is 4.79 Å². The molecule has 0 spiro atoms. The van der Waals surface area contributed by atoms with E-state index >= 15 is 0 Å². The predicted molar refractivity (Wildman–Crippen MR) is 63.6 cm³/mol. The van der Waals surface area contributed by atoms with Crippen molar-refractivity contribution in [1.29, 1.82) is 0 Å². The van der Waals surface area contributed by atoms with Gasteiger partial charge in [0.25, 0.3) is 0 Å². The molecule has 1 aliphatic rings. The number of carbonyl (C=O) groups is 1. The highest BCUT2D eigenvalue weighted by atomic mass is 16.2. The summed E-state index contributed by atoms with van der Waals surface area (Å²) in [7, 11) is 0. The quantitative estimate of drug-likeness (QED) is 0.824. The minimum Gasteiger partial charge on any atom is -0.334 e. The van der Waals surface area contributed by atoms with Crippen LogP contribution in [0.2, 0.25) is 0 Å². The first-order chi connectivity index (χ1) is 7.61. The van der Waals surface area contributed by atoms with Gasteiger partial charge in [-0.05, 0) is 23.1 Å².